The molecule has 2 rings (SSSR count). The van der Waals surface area contributed by atoms with Crippen molar-refractivity contribution in [1.82, 2.24) is 0 Å². The number of nitrogens with zero attached hydrogens (tertiary/aromatic N) is 1. The minimum Gasteiger partial charge on any atom is -0.383 e. The Labute approximate surface area is 115 Å². The van der Waals surface area contributed by atoms with Crippen LogP contribution in [0.5, 0.6) is 0 Å². The highest BCUT2D eigenvalue weighted by molar-refractivity contribution is 5.55. The van der Waals surface area contributed by atoms with Crippen LogP contribution in [0.4, 0.5) is 11.4 Å². The summed E-state index contributed by atoms with van der Waals surface area (Å²) in [5.41, 5.74) is 2.48. The first-order valence-corrected chi connectivity index (χ1v) is 7.06. The summed E-state index contributed by atoms with van der Waals surface area (Å²) in [6.45, 7) is 5.24. The van der Waals surface area contributed by atoms with Gasteiger partial charge in [-0.15, -0.1) is 0 Å². The van der Waals surface area contributed by atoms with Crippen LogP contribution in [0, 0.1) is 0 Å². The number of anilines is 2. The van der Waals surface area contributed by atoms with Gasteiger partial charge in [-0.2, -0.15) is 0 Å². The second-order valence-electron chi connectivity index (χ2n) is 4.77. The molecule has 0 spiro atoms. The molecule has 0 amide bonds. The van der Waals surface area contributed by atoms with Gasteiger partial charge in [0.1, 0.15) is 0 Å². The van der Waals surface area contributed by atoms with E-state index in [0.717, 1.165) is 12.2 Å². The Kier molecular flexibility index (Phi) is 5.98. The molecule has 1 fully saturated rings. The largest absolute Gasteiger partial charge is 0.383 e. The third-order valence-corrected chi connectivity index (χ3v) is 3.35. The lowest BCUT2D eigenvalue weighted by Crippen LogP contribution is -2.17. The van der Waals surface area contributed by atoms with Crippen molar-refractivity contribution < 1.29 is 9.47 Å². The summed E-state index contributed by atoms with van der Waals surface area (Å²) >= 11 is 0. The number of nitrogens with one attached hydrogen (secondary N) is 1. The second-order valence-corrected chi connectivity index (χ2v) is 4.77. The third-order valence-electron chi connectivity index (χ3n) is 3.35. The van der Waals surface area contributed by atoms with Crippen LogP contribution < -0.4 is 10.2 Å². The van der Waals surface area contributed by atoms with Crippen molar-refractivity contribution in [2.45, 2.75) is 12.8 Å². The van der Waals surface area contributed by atoms with E-state index in [1.165, 1.54) is 31.6 Å². The maximum Gasteiger partial charge on any atom is 0.0701 e. The molecule has 0 bridgehead atoms. The topological polar surface area (TPSA) is 33.7 Å². The van der Waals surface area contributed by atoms with Crippen molar-refractivity contribution in [2.75, 3.05) is 56.8 Å². The molecule has 0 unspecified atom stereocenters. The summed E-state index contributed by atoms with van der Waals surface area (Å²) < 4.78 is 10.3. The lowest BCUT2D eigenvalue weighted by molar-refractivity contribution is 0.0759. The van der Waals surface area contributed by atoms with Crippen molar-refractivity contribution in [1.29, 1.82) is 0 Å². The zero-order chi connectivity index (χ0) is 13.3. The summed E-state index contributed by atoms with van der Waals surface area (Å²) in [5.74, 6) is 0. The first-order chi connectivity index (χ1) is 9.40. The minimum atomic E-state index is 0.657. The maximum atomic E-state index is 5.41. The molecule has 19 heavy (non-hydrogen) atoms. The van der Waals surface area contributed by atoms with E-state index >= 15 is 0 Å². The van der Waals surface area contributed by atoms with Crippen LogP contribution in [0.2, 0.25) is 0 Å². The maximum absolute atomic E-state index is 5.41. The SMILES string of the molecule is COCCOCCNc1ccc(N2CCCC2)cc1. The van der Waals surface area contributed by atoms with Crippen LogP contribution in [-0.4, -0.2) is 46.6 Å². The summed E-state index contributed by atoms with van der Waals surface area (Å²) in [4.78, 5) is 2.44. The number of hydrogen-bond acceptors (Lipinski definition) is 4. The first-order valence-electron chi connectivity index (χ1n) is 7.06. The Hall–Kier alpha value is -1.26. The van der Waals surface area contributed by atoms with Gasteiger partial charge in [-0.1, -0.05) is 0 Å². The van der Waals surface area contributed by atoms with Crippen LogP contribution in [0.15, 0.2) is 24.3 Å². The monoisotopic (exact) mass is 264 g/mol. The predicted octanol–water partition coefficient (Wildman–Crippen LogP) is 2.36. The van der Waals surface area contributed by atoms with Gasteiger partial charge in [0.2, 0.25) is 0 Å². The van der Waals surface area contributed by atoms with E-state index in [2.05, 4.69) is 34.5 Å². The van der Waals surface area contributed by atoms with E-state index < -0.39 is 0 Å². The molecule has 0 atom stereocenters. The van der Waals surface area contributed by atoms with E-state index in [1.54, 1.807) is 7.11 Å². The van der Waals surface area contributed by atoms with Crippen LogP contribution in [0.3, 0.4) is 0 Å². The number of methoxy groups -OCH3 is 1. The van der Waals surface area contributed by atoms with Crippen molar-refractivity contribution in [2.24, 2.45) is 0 Å². The normalized spacial score (nSPS) is 14.9. The van der Waals surface area contributed by atoms with Crippen LogP contribution in [0.25, 0.3) is 0 Å². The molecule has 1 saturated heterocycles. The number of rotatable bonds is 8. The van der Waals surface area contributed by atoms with E-state index in [9.17, 15) is 0 Å². The fraction of sp³-hybridized carbons (Fsp3) is 0.600. The lowest BCUT2D eigenvalue weighted by Gasteiger charge is -2.18. The molecular weight excluding hydrogens is 240 g/mol. The molecule has 4 nitrogen and oxygen atoms in total. The molecule has 106 valence electrons. The highest BCUT2D eigenvalue weighted by atomic mass is 16.5. The number of hydrogen-bond donors (Lipinski definition) is 1. The average molecular weight is 264 g/mol. The van der Waals surface area contributed by atoms with Gasteiger partial charge in [-0.25, -0.2) is 0 Å². The molecule has 1 aliphatic rings. The quantitative estimate of drug-likeness (QED) is 0.731. The number of benzene rings is 1. The summed E-state index contributed by atoms with van der Waals surface area (Å²) in [5, 5.41) is 3.36. The smallest absolute Gasteiger partial charge is 0.0701 e. The fourth-order valence-electron chi connectivity index (χ4n) is 2.28. The molecule has 1 aromatic carbocycles. The number of ether oxygens (including phenoxy) is 2. The Balaban J connectivity index is 1.67. The predicted molar refractivity (Wildman–Crippen MR) is 79.1 cm³/mol. The van der Waals surface area contributed by atoms with E-state index in [0.29, 0.717) is 19.8 Å². The summed E-state index contributed by atoms with van der Waals surface area (Å²) in [6.07, 6.45) is 2.64. The van der Waals surface area contributed by atoms with Crippen LogP contribution in [0.1, 0.15) is 12.8 Å². The van der Waals surface area contributed by atoms with E-state index in [1.807, 2.05) is 0 Å². The fourth-order valence-corrected chi connectivity index (χ4v) is 2.28. The van der Waals surface area contributed by atoms with Gasteiger partial charge in [0.15, 0.2) is 0 Å². The van der Waals surface area contributed by atoms with Gasteiger partial charge >= 0.3 is 0 Å². The summed E-state index contributed by atoms with van der Waals surface area (Å²) in [7, 11) is 1.68. The molecule has 1 heterocycles. The highest BCUT2D eigenvalue weighted by Gasteiger charge is 2.11. The molecule has 1 aliphatic heterocycles. The Morgan fingerprint density at radius 2 is 1.79 bits per heavy atom. The van der Waals surface area contributed by atoms with Crippen LogP contribution >= 0.6 is 0 Å². The van der Waals surface area contributed by atoms with E-state index in [4.69, 9.17) is 9.47 Å². The Morgan fingerprint density at radius 3 is 2.47 bits per heavy atom. The van der Waals surface area contributed by atoms with Crippen molar-refractivity contribution in [3.05, 3.63) is 24.3 Å². The molecule has 0 aliphatic carbocycles. The zero-order valence-electron chi connectivity index (χ0n) is 11.7. The first kappa shape index (κ1) is 14.2. The van der Waals surface area contributed by atoms with Gasteiger partial charge in [0.25, 0.3) is 0 Å². The van der Waals surface area contributed by atoms with Gasteiger partial charge in [0.05, 0.1) is 19.8 Å². The van der Waals surface area contributed by atoms with Gasteiger partial charge in [-0.3, -0.25) is 0 Å². The molecule has 0 saturated carbocycles. The second kappa shape index (κ2) is 8.02. The van der Waals surface area contributed by atoms with Gasteiger partial charge in [-0.05, 0) is 37.1 Å². The molecule has 0 aromatic heterocycles. The third kappa shape index (κ3) is 4.73. The van der Waals surface area contributed by atoms with Crippen LogP contribution in [-0.2, 0) is 9.47 Å². The lowest BCUT2D eigenvalue weighted by atomic mass is 10.2. The Bertz CT molecular complexity index is 348. The van der Waals surface area contributed by atoms with Crippen molar-refractivity contribution in [3.63, 3.8) is 0 Å². The zero-order valence-corrected chi connectivity index (χ0v) is 11.7. The Morgan fingerprint density at radius 1 is 1.05 bits per heavy atom. The standard InChI is InChI=1S/C15H24N2O2/c1-18-12-13-19-11-8-16-14-4-6-15(7-5-14)17-9-2-3-10-17/h4-7,16H,2-3,8-13H2,1H3. The van der Waals surface area contributed by atoms with Crippen molar-refractivity contribution >= 4 is 11.4 Å². The molecule has 4 heteroatoms. The summed E-state index contributed by atoms with van der Waals surface area (Å²) in [6, 6.07) is 8.67. The van der Waals surface area contributed by atoms with Gasteiger partial charge < -0.3 is 19.7 Å². The molecule has 0 radical (unpaired) electrons. The average Bonchev–Trinajstić information content (AvgIpc) is 2.97. The van der Waals surface area contributed by atoms with E-state index in [-0.39, 0.29) is 0 Å². The molecular formula is C15H24N2O2. The van der Waals surface area contributed by atoms with Gasteiger partial charge in [0, 0.05) is 38.1 Å². The molecule has 1 aromatic rings. The minimum absolute atomic E-state index is 0.657. The molecule has 1 N–H and O–H groups in total. The van der Waals surface area contributed by atoms with Crippen molar-refractivity contribution in [3.8, 4) is 0 Å². The highest BCUT2D eigenvalue weighted by Crippen LogP contribution is 2.21.